The van der Waals surface area contributed by atoms with Crippen LogP contribution in [0.25, 0.3) is 0 Å². The van der Waals surface area contributed by atoms with Gasteiger partial charge in [0.25, 0.3) is 0 Å². The normalized spacial score (nSPS) is 29.6. The Bertz CT molecular complexity index is 469. The van der Waals surface area contributed by atoms with Gasteiger partial charge in [0.05, 0.1) is 12.2 Å². The fraction of sp³-hybridized carbons (Fsp3) is 0.571. The van der Waals surface area contributed by atoms with Gasteiger partial charge >= 0.3 is 0 Å². The van der Waals surface area contributed by atoms with Crippen molar-refractivity contribution in [2.75, 3.05) is 26.4 Å². The van der Waals surface area contributed by atoms with Crippen LogP contribution in [0, 0.1) is 0 Å². The van der Waals surface area contributed by atoms with Gasteiger partial charge in [0.1, 0.15) is 6.10 Å². The second-order valence-corrected chi connectivity index (χ2v) is 5.32. The van der Waals surface area contributed by atoms with Gasteiger partial charge in [0.15, 0.2) is 11.5 Å². The van der Waals surface area contributed by atoms with Gasteiger partial charge in [0.2, 0.25) is 6.79 Å². The van der Waals surface area contributed by atoms with Gasteiger partial charge in [-0.3, -0.25) is 4.90 Å². The van der Waals surface area contributed by atoms with Crippen LogP contribution in [-0.4, -0.2) is 65.0 Å². The van der Waals surface area contributed by atoms with Gasteiger partial charge in [0, 0.05) is 19.6 Å². The number of likely N-dealkylation sites (tertiary alicyclic amines) is 1. The summed E-state index contributed by atoms with van der Waals surface area (Å²) in [5.41, 5.74) is 1.12. The monoisotopic (exact) mass is 281 g/mol. The van der Waals surface area contributed by atoms with Crippen LogP contribution in [0.15, 0.2) is 18.2 Å². The maximum absolute atomic E-state index is 9.65. The molecule has 3 N–H and O–H groups in total. The van der Waals surface area contributed by atoms with E-state index in [9.17, 15) is 15.3 Å². The minimum absolute atomic E-state index is 0.265. The number of hydrogen-bond acceptors (Lipinski definition) is 6. The van der Waals surface area contributed by atoms with E-state index in [1.807, 2.05) is 23.1 Å². The van der Waals surface area contributed by atoms with Crippen molar-refractivity contribution < 1.29 is 24.8 Å². The molecule has 1 fully saturated rings. The quantitative estimate of drug-likeness (QED) is 0.683. The van der Waals surface area contributed by atoms with Crippen LogP contribution in [0.4, 0.5) is 0 Å². The van der Waals surface area contributed by atoms with Crippen LogP contribution < -0.4 is 9.47 Å². The lowest BCUT2D eigenvalue weighted by molar-refractivity contribution is -0.109. The molecule has 0 radical (unpaired) electrons. The lowest BCUT2D eigenvalue weighted by atomic mass is 10.0. The Morgan fingerprint density at radius 1 is 1.05 bits per heavy atom. The lowest BCUT2D eigenvalue weighted by Gasteiger charge is -2.36. The third-order valence-electron chi connectivity index (χ3n) is 3.83. The molecule has 0 aromatic heterocycles. The van der Waals surface area contributed by atoms with Gasteiger partial charge in [-0.1, -0.05) is 6.07 Å². The lowest BCUT2D eigenvalue weighted by Crippen LogP contribution is -2.55. The van der Waals surface area contributed by atoms with Crippen molar-refractivity contribution in [3.8, 4) is 11.5 Å². The first-order valence-corrected chi connectivity index (χ1v) is 6.78. The highest BCUT2D eigenvalue weighted by Crippen LogP contribution is 2.32. The van der Waals surface area contributed by atoms with Crippen LogP contribution >= 0.6 is 0 Å². The Morgan fingerprint density at radius 2 is 1.75 bits per heavy atom. The fourth-order valence-electron chi connectivity index (χ4n) is 2.64. The number of rotatable bonds is 3. The average molecular weight is 281 g/mol. The molecule has 0 saturated carbocycles. The van der Waals surface area contributed by atoms with E-state index in [0.29, 0.717) is 19.6 Å². The number of aliphatic hydroxyl groups is 3. The van der Waals surface area contributed by atoms with E-state index in [-0.39, 0.29) is 6.79 Å². The van der Waals surface area contributed by atoms with Crippen molar-refractivity contribution in [2.45, 2.75) is 24.7 Å². The first kappa shape index (κ1) is 13.6. The van der Waals surface area contributed by atoms with Crippen LogP contribution in [0.3, 0.4) is 0 Å². The van der Waals surface area contributed by atoms with E-state index in [4.69, 9.17) is 9.47 Å². The van der Waals surface area contributed by atoms with Gasteiger partial charge in [-0.2, -0.15) is 0 Å². The summed E-state index contributed by atoms with van der Waals surface area (Å²) in [6, 6.07) is 5.83. The predicted molar refractivity (Wildman–Crippen MR) is 70.7 cm³/mol. The van der Waals surface area contributed by atoms with Crippen molar-refractivity contribution in [1.82, 2.24) is 4.90 Å². The summed E-state index contributed by atoms with van der Waals surface area (Å²) in [5, 5.41) is 28.8. The van der Waals surface area contributed by atoms with Gasteiger partial charge in [-0.15, -0.1) is 0 Å². The Labute approximate surface area is 117 Å². The van der Waals surface area contributed by atoms with Gasteiger partial charge < -0.3 is 24.8 Å². The molecule has 3 rings (SSSR count). The fourth-order valence-corrected chi connectivity index (χ4v) is 2.64. The standard InChI is InChI=1S/C14H19NO5/c16-10-6-15(7-11(17)14(10)18)4-3-9-1-2-12-13(5-9)20-8-19-12/h1-2,5,10-11,14,16-18H,3-4,6-8H2/t10-,11+,14+. The minimum Gasteiger partial charge on any atom is -0.454 e. The topological polar surface area (TPSA) is 82.4 Å². The summed E-state index contributed by atoms with van der Waals surface area (Å²) >= 11 is 0. The van der Waals surface area contributed by atoms with Crippen molar-refractivity contribution in [3.63, 3.8) is 0 Å². The number of fused-ring (bicyclic) bond motifs is 1. The molecule has 2 aliphatic heterocycles. The number of piperidine rings is 1. The number of β-amino-alcohol motifs (C(OH)–C–C–N with tert-alkyl or cyclic N) is 2. The molecule has 0 aliphatic carbocycles. The molecular formula is C14H19NO5. The summed E-state index contributed by atoms with van der Waals surface area (Å²) in [6.45, 7) is 1.73. The third kappa shape index (κ3) is 2.73. The maximum Gasteiger partial charge on any atom is 0.231 e. The highest BCUT2D eigenvalue weighted by molar-refractivity contribution is 5.44. The highest BCUT2D eigenvalue weighted by atomic mass is 16.7. The Hall–Kier alpha value is -1.34. The van der Waals surface area contributed by atoms with Crippen LogP contribution in [-0.2, 0) is 6.42 Å². The molecule has 1 aromatic carbocycles. The van der Waals surface area contributed by atoms with Crippen molar-refractivity contribution in [1.29, 1.82) is 0 Å². The van der Waals surface area contributed by atoms with E-state index in [0.717, 1.165) is 23.5 Å². The molecule has 2 aliphatic rings. The zero-order valence-corrected chi connectivity index (χ0v) is 11.1. The molecule has 1 saturated heterocycles. The molecule has 6 heteroatoms. The molecule has 0 bridgehead atoms. The molecule has 20 heavy (non-hydrogen) atoms. The van der Waals surface area contributed by atoms with Gasteiger partial charge in [-0.05, 0) is 24.1 Å². The second kappa shape index (κ2) is 5.57. The van der Waals surface area contributed by atoms with Crippen molar-refractivity contribution in [3.05, 3.63) is 23.8 Å². The number of nitrogens with zero attached hydrogens (tertiary/aromatic N) is 1. The van der Waals surface area contributed by atoms with E-state index in [1.54, 1.807) is 0 Å². The first-order chi connectivity index (χ1) is 9.63. The molecule has 6 nitrogen and oxygen atoms in total. The zero-order valence-electron chi connectivity index (χ0n) is 11.1. The molecule has 0 spiro atoms. The van der Waals surface area contributed by atoms with Crippen molar-refractivity contribution in [2.24, 2.45) is 0 Å². The Morgan fingerprint density at radius 3 is 2.50 bits per heavy atom. The largest absolute Gasteiger partial charge is 0.454 e. The summed E-state index contributed by atoms with van der Waals surface area (Å²) < 4.78 is 10.6. The first-order valence-electron chi connectivity index (χ1n) is 6.78. The number of hydrogen-bond donors (Lipinski definition) is 3. The number of aliphatic hydroxyl groups excluding tert-OH is 3. The number of ether oxygens (including phenoxy) is 2. The smallest absolute Gasteiger partial charge is 0.231 e. The molecule has 2 heterocycles. The second-order valence-electron chi connectivity index (χ2n) is 5.32. The summed E-state index contributed by atoms with van der Waals surface area (Å²) in [5.74, 6) is 1.53. The summed E-state index contributed by atoms with van der Waals surface area (Å²) in [7, 11) is 0. The molecule has 3 atom stereocenters. The van der Waals surface area contributed by atoms with Crippen LogP contribution in [0.1, 0.15) is 5.56 Å². The SMILES string of the molecule is O[C@H]1[C@H](O)CN(CCc2ccc3c(c2)OCO3)C[C@@H]1O. The molecular weight excluding hydrogens is 262 g/mol. The zero-order chi connectivity index (χ0) is 14.1. The molecule has 1 aromatic rings. The van der Waals surface area contributed by atoms with E-state index < -0.39 is 18.3 Å². The maximum atomic E-state index is 9.65. The number of benzene rings is 1. The third-order valence-corrected chi connectivity index (χ3v) is 3.83. The highest BCUT2D eigenvalue weighted by Gasteiger charge is 2.32. The molecule has 0 unspecified atom stereocenters. The van der Waals surface area contributed by atoms with E-state index >= 15 is 0 Å². The van der Waals surface area contributed by atoms with Gasteiger partial charge in [-0.25, -0.2) is 0 Å². The van der Waals surface area contributed by atoms with Crippen LogP contribution in [0.2, 0.25) is 0 Å². The van der Waals surface area contributed by atoms with Crippen LogP contribution in [0.5, 0.6) is 11.5 Å². The molecule has 0 amide bonds. The van der Waals surface area contributed by atoms with E-state index in [2.05, 4.69) is 0 Å². The Balaban J connectivity index is 1.57. The van der Waals surface area contributed by atoms with E-state index in [1.165, 1.54) is 0 Å². The molecule has 110 valence electrons. The average Bonchev–Trinajstić information content (AvgIpc) is 2.89. The Kier molecular flexibility index (Phi) is 3.80. The summed E-state index contributed by atoms with van der Waals surface area (Å²) in [4.78, 5) is 1.95. The van der Waals surface area contributed by atoms with Crippen molar-refractivity contribution >= 4 is 0 Å². The summed E-state index contributed by atoms with van der Waals surface area (Å²) in [6.07, 6.45) is -2.05. The minimum atomic E-state index is -1.04. The predicted octanol–water partition coefficient (Wildman–Crippen LogP) is -0.644.